The molecule has 0 bridgehead atoms. The van der Waals surface area contributed by atoms with Gasteiger partial charge in [-0.15, -0.1) is 0 Å². The second kappa shape index (κ2) is 7.43. The first-order valence-corrected chi connectivity index (χ1v) is 8.93. The number of benzene rings is 1. The van der Waals surface area contributed by atoms with Crippen LogP contribution in [0, 0.1) is 11.8 Å². The van der Waals surface area contributed by atoms with Crippen LogP contribution in [0.4, 0.5) is 0 Å². The number of carbonyl (C=O) groups excluding carboxylic acids is 1. The number of likely N-dealkylation sites (N-methyl/N-ethyl adjacent to an activating group) is 1. The molecule has 24 heavy (non-hydrogen) atoms. The van der Waals surface area contributed by atoms with Gasteiger partial charge in [-0.05, 0) is 42.5 Å². The number of fused-ring (bicyclic) bond motifs is 1. The van der Waals surface area contributed by atoms with Gasteiger partial charge in [0.15, 0.2) is 11.5 Å². The van der Waals surface area contributed by atoms with Crippen molar-refractivity contribution in [1.82, 2.24) is 9.80 Å². The first-order chi connectivity index (χ1) is 11.5. The normalized spacial score (nSPS) is 22.9. The fourth-order valence-corrected chi connectivity index (χ4v) is 3.73. The van der Waals surface area contributed by atoms with Crippen LogP contribution in [-0.4, -0.2) is 48.7 Å². The van der Waals surface area contributed by atoms with E-state index < -0.39 is 0 Å². The van der Waals surface area contributed by atoms with E-state index in [9.17, 15) is 4.79 Å². The molecule has 2 unspecified atom stereocenters. The van der Waals surface area contributed by atoms with E-state index in [1.54, 1.807) is 0 Å². The summed E-state index contributed by atoms with van der Waals surface area (Å²) >= 11 is 0. The predicted molar refractivity (Wildman–Crippen MR) is 93.0 cm³/mol. The number of hydrogen-bond acceptors (Lipinski definition) is 4. The maximum absolute atomic E-state index is 12.7. The SMILES string of the molecule is CCN(CC(=O)N1CC(C)CC(C)C1)Cc1ccc2c(c1)OCO2. The van der Waals surface area contributed by atoms with Crippen molar-refractivity contribution < 1.29 is 14.3 Å². The van der Waals surface area contributed by atoms with Gasteiger partial charge in [-0.3, -0.25) is 9.69 Å². The molecule has 0 N–H and O–H groups in total. The highest BCUT2D eigenvalue weighted by molar-refractivity contribution is 5.78. The highest BCUT2D eigenvalue weighted by atomic mass is 16.7. The Kier molecular flexibility index (Phi) is 5.29. The van der Waals surface area contributed by atoms with Crippen LogP contribution in [0.2, 0.25) is 0 Å². The molecule has 0 spiro atoms. The third-order valence-corrected chi connectivity index (χ3v) is 4.87. The average Bonchev–Trinajstić information content (AvgIpc) is 3.00. The zero-order valence-corrected chi connectivity index (χ0v) is 15.0. The fraction of sp³-hybridized carbons (Fsp3) is 0.632. The first-order valence-electron chi connectivity index (χ1n) is 8.93. The molecule has 0 radical (unpaired) electrons. The Morgan fingerprint density at radius 2 is 1.92 bits per heavy atom. The van der Waals surface area contributed by atoms with Gasteiger partial charge in [0.1, 0.15) is 0 Å². The molecule has 0 aliphatic carbocycles. The van der Waals surface area contributed by atoms with Crippen LogP contribution in [0.15, 0.2) is 18.2 Å². The van der Waals surface area contributed by atoms with Gasteiger partial charge in [-0.2, -0.15) is 0 Å². The first kappa shape index (κ1) is 17.1. The molecule has 2 heterocycles. The van der Waals surface area contributed by atoms with Crippen molar-refractivity contribution in [3.05, 3.63) is 23.8 Å². The Labute approximate surface area is 144 Å². The predicted octanol–water partition coefficient (Wildman–Crippen LogP) is 2.74. The molecule has 5 nitrogen and oxygen atoms in total. The van der Waals surface area contributed by atoms with Crippen molar-refractivity contribution in [2.24, 2.45) is 11.8 Å². The number of rotatable bonds is 5. The van der Waals surface area contributed by atoms with Crippen LogP contribution < -0.4 is 9.47 Å². The Morgan fingerprint density at radius 1 is 1.21 bits per heavy atom. The topological polar surface area (TPSA) is 42.0 Å². The zero-order chi connectivity index (χ0) is 17.1. The smallest absolute Gasteiger partial charge is 0.236 e. The Morgan fingerprint density at radius 3 is 2.62 bits per heavy atom. The number of amides is 1. The molecule has 1 aromatic carbocycles. The molecular weight excluding hydrogens is 304 g/mol. The largest absolute Gasteiger partial charge is 0.454 e. The quantitative estimate of drug-likeness (QED) is 0.831. The number of nitrogens with zero attached hydrogens (tertiary/aromatic N) is 2. The highest BCUT2D eigenvalue weighted by Gasteiger charge is 2.26. The summed E-state index contributed by atoms with van der Waals surface area (Å²) < 4.78 is 10.8. The van der Waals surface area contributed by atoms with Gasteiger partial charge >= 0.3 is 0 Å². The number of likely N-dealkylation sites (tertiary alicyclic amines) is 1. The van der Waals surface area contributed by atoms with E-state index in [-0.39, 0.29) is 5.91 Å². The van der Waals surface area contributed by atoms with E-state index in [0.717, 1.165) is 43.2 Å². The third kappa shape index (κ3) is 4.01. The van der Waals surface area contributed by atoms with E-state index in [1.165, 1.54) is 6.42 Å². The molecule has 1 aromatic rings. The van der Waals surface area contributed by atoms with Crippen LogP contribution in [0.5, 0.6) is 11.5 Å². The average molecular weight is 332 g/mol. The lowest BCUT2D eigenvalue weighted by atomic mass is 9.92. The van der Waals surface area contributed by atoms with Crippen LogP contribution in [0.3, 0.4) is 0 Å². The highest BCUT2D eigenvalue weighted by Crippen LogP contribution is 2.32. The number of hydrogen-bond donors (Lipinski definition) is 0. The van der Waals surface area contributed by atoms with Crippen molar-refractivity contribution in [1.29, 1.82) is 0 Å². The maximum Gasteiger partial charge on any atom is 0.236 e. The standard InChI is InChI=1S/C19H28N2O3/c1-4-20(11-16-5-6-17-18(8-16)24-13-23-17)12-19(22)21-9-14(2)7-15(3)10-21/h5-6,8,14-15H,4,7,9-13H2,1-3H3. The monoisotopic (exact) mass is 332 g/mol. The molecule has 2 aliphatic heterocycles. The third-order valence-electron chi connectivity index (χ3n) is 4.87. The molecule has 0 saturated carbocycles. The van der Waals surface area contributed by atoms with Crippen molar-refractivity contribution in [2.45, 2.75) is 33.7 Å². The summed E-state index contributed by atoms with van der Waals surface area (Å²) in [5.41, 5.74) is 1.15. The lowest BCUT2D eigenvalue weighted by Crippen LogP contribution is -2.46. The molecule has 2 atom stereocenters. The fourth-order valence-electron chi connectivity index (χ4n) is 3.73. The van der Waals surface area contributed by atoms with Gasteiger partial charge in [-0.25, -0.2) is 0 Å². The van der Waals surface area contributed by atoms with Crippen molar-refractivity contribution in [2.75, 3.05) is 33.0 Å². The minimum Gasteiger partial charge on any atom is -0.454 e. The van der Waals surface area contributed by atoms with Crippen molar-refractivity contribution in [3.63, 3.8) is 0 Å². The molecular formula is C19H28N2O3. The molecule has 3 rings (SSSR count). The van der Waals surface area contributed by atoms with Gasteiger partial charge in [0.05, 0.1) is 6.54 Å². The van der Waals surface area contributed by atoms with E-state index in [0.29, 0.717) is 25.2 Å². The van der Waals surface area contributed by atoms with Gasteiger partial charge in [-0.1, -0.05) is 26.8 Å². The van der Waals surface area contributed by atoms with Crippen LogP contribution in [0.25, 0.3) is 0 Å². The van der Waals surface area contributed by atoms with Crippen molar-refractivity contribution in [3.8, 4) is 11.5 Å². The summed E-state index contributed by atoms with van der Waals surface area (Å²) in [5, 5.41) is 0. The minimum absolute atomic E-state index is 0.246. The van der Waals surface area contributed by atoms with E-state index in [1.807, 2.05) is 23.1 Å². The number of carbonyl (C=O) groups is 1. The van der Waals surface area contributed by atoms with E-state index in [2.05, 4.69) is 25.7 Å². The summed E-state index contributed by atoms with van der Waals surface area (Å²) in [7, 11) is 0. The Balaban J connectivity index is 1.59. The van der Waals surface area contributed by atoms with Crippen LogP contribution in [-0.2, 0) is 11.3 Å². The van der Waals surface area contributed by atoms with Gasteiger partial charge in [0.2, 0.25) is 12.7 Å². The summed E-state index contributed by atoms with van der Waals surface area (Å²) in [4.78, 5) is 16.9. The Hall–Kier alpha value is -1.75. The van der Waals surface area contributed by atoms with Crippen LogP contribution in [0.1, 0.15) is 32.8 Å². The zero-order valence-electron chi connectivity index (χ0n) is 15.0. The molecule has 1 amide bonds. The molecule has 1 saturated heterocycles. The summed E-state index contributed by atoms with van der Waals surface area (Å²) in [6.07, 6.45) is 1.22. The second-order valence-electron chi connectivity index (χ2n) is 7.24. The summed E-state index contributed by atoms with van der Waals surface area (Å²) in [6, 6.07) is 6.01. The van der Waals surface area contributed by atoms with Gasteiger partial charge < -0.3 is 14.4 Å². The van der Waals surface area contributed by atoms with Gasteiger partial charge in [0.25, 0.3) is 0 Å². The molecule has 0 aromatic heterocycles. The maximum atomic E-state index is 12.7. The summed E-state index contributed by atoms with van der Waals surface area (Å²) in [5.74, 6) is 3.04. The number of ether oxygens (including phenoxy) is 2. The van der Waals surface area contributed by atoms with E-state index >= 15 is 0 Å². The molecule has 1 fully saturated rings. The Bertz CT molecular complexity index is 580. The number of piperidine rings is 1. The molecule has 2 aliphatic rings. The van der Waals surface area contributed by atoms with Gasteiger partial charge in [0, 0.05) is 19.6 Å². The lowest BCUT2D eigenvalue weighted by Gasteiger charge is -2.36. The lowest BCUT2D eigenvalue weighted by molar-refractivity contribution is -0.135. The summed E-state index contributed by atoms with van der Waals surface area (Å²) in [6.45, 7) is 10.7. The van der Waals surface area contributed by atoms with E-state index in [4.69, 9.17) is 9.47 Å². The van der Waals surface area contributed by atoms with Crippen LogP contribution >= 0.6 is 0 Å². The van der Waals surface area contributed by atoms with Crippen molar-refractivity contribution >= 4 is 5.91 Å². The minimum atomic E-state index is 0.246. The molecule has 5 heteroatoms. The second-order valence-corrected chi connectivity index (χ2v) is 7.24. The molecule has 132 valence electrons.